The number of esters is 2. The molecule has 0 saturated carbocycles. The Bertz CT molecular complexity index is 1170. The lowest BCUT2D eigenvalue weighted by Gasteiger charge is -2.34. The number of methoxy groups -OCH3 is 2. The molecule has 0 fully saturated rings. The van der Waals surface area contributed by atoms with Crippen molar-refractivity contribution in [2.75, 3.05) is 27.1 Å². The van der Waals surface area contributed by atoms with Crippen molar-refractivity contribution in [1.82, 2.24) is 25.5 Å². The van der Waals surface area contributed by atoms with Gasteiger partial charge < -0.3 is 19.9 Å². The smallest absolute Gasteiger partial charge is 0.336 e. The summed E-state index contributed by atoms with van der Waals surface area (Å²) < 4.78 is 11.6. The van der Waals surface area contributed by atoms with Gasteiger partial charge in [-0.15, -0.1) is 16.9 Å². The molecule has 1 aromatic heterocycles. The van der Waals surface area contributed by atoms with Crippen LogP contribution in [0.1, 0.15) is 29.5 Å². The summed E-state index contributed by atoms with van der Waals surface area (Å²) in [5.41, 5.74) is 1.62. The molecule has 10 nitrogen and oxygen atoms in total. The van der Waals surface area contributed by atoms with Crippen LogP contribution in [-0.4, -0.2) is 64.3 Å². The first kappa shape index (κ1) is 26.0. The molecule has 182 valence electrons. The van der Waals surface area contributed by atoms with Crippen LogP contribution in [0, 0.1) is 0 Å². The van der Waals surface area contributed by atoms with Crippen LogP contribution in [0.5, 0.6) is 0 Å². The third-order valence-electron chi connectivity index (χ3n) is 5.30. The zero-order valence-electron chi connectivity index (χ0n) is 18.8. The van der Waals surface area contributed by atoms with Crippen molar-refractivity contribution in [2.45, 2.75) is 24.6 Å². The minimum Gasteiger partial charge on any atom is -0.466 e. The fourth-order valence-corrected chi connectivity index (χ4v) is 5.06. The van der Waals surface area contributed by atoms with Gasteiger partial charge in [-0.05, 0) is 35.2 Å². The second-order valence-corrected chi connectivity index (χ2v) is 8.88. The summed E-state index contributed by atoms with van der Waals surface area (Å²) in [7, 11) is 2.50. The van der Waals surface area contributed by atoms with Crippen LogP contribution >= 0.6 is 35.0 Å². The van der Waals surface area contributed by atoms with Gasteiger partial charge in [0.05, 0.1) is 54.5 Å². The van der Waals surface area contributed by atoms with Crippen LogP contribution in [0.25, 0.3) is 0 Å². The summed E-state index contributed by atoms with van der Waals surface area (Å²) in [5, 5.41) is 24.2. The zero-order valence-corrected chi connectivity index (χ0v) is 21.2. The van der Waals surface area contributed by atoms with Crippen LogP contribution in [0.4, 0.5) is 0 Å². The van der Waals surface area contributed by atoms with Crippen LogP contribution in [0.2, 0.25) is 10.0 Å². The van der Waals surface area contributed by atoms with Crippen LogP contribution in [0.3, 0.4) is 0 Å². The van der Waals surface area contributed by atoms with E-state index in [-0.39, 0.29) is 34.3 Å². The van der Waals surface area contributed by atoms with Crippen molar-refractivity contribution >= 4 is 46.9 Å². The number of rotatable bonds is 8. The van der Waals surface area contributed by atoms with Crippen molar-refractivity contribution < 1.29 is 24.2 Å². The van der Waals surface area contributed by atoms with E-state index in [2.05, 4.69) is 20.8 Å². The number of dihydropyridines is 1. The second kappa shape index (κ2) is 11.2. The molecule has 0 saturated heterocycles. The van der Waals surface area contributed by atoms with Crippen molar-refractivity contribution in [3.63, 3.8) is 0 Å². The van der Waals surface area contributed by atoms with Crippen molar-refractivity contribution in [3.8, 4) is 0 Å². The van der Waals surface area contributed by atoms with Gasteiger partial charge in [0.25, 0.3) is 0 Å². The highest BCUT2D eigenvalue weighted by Gasteiger charge is 2.42. The standard InChI is InChI=1S/C21H23Cl2N5O5S/c1-10-13(20(30)32-2)14(11-6-5-7-12(22)16(11)23)15(21(31)33-3)17(24-10)18(34-4)19-25-26-27-28(19)8-9-29/h5-7,14,18,24,29H,8-9H2,1-4H3. The SMILES string of the molecule is COC(=O)C1=C(C)NC(C(SC)c2nnnn2CCO)=C(C(=O)OC)C1c1cccc(Cl)c1Cl. The monoisotopic (exact) mass is 527 g/mol. The minimum absolute atomic E-state index is 0.135. The molecule has 0 spiro atoms. The van der Waals surface area contributed by atoms with Gasteiger partial charge in [-0.1, -0.05) is 35.3 Å². The molecular formula is C21H23Cl2N5O5S. The number of allylic oxidation sites excluding steroid dienone is 1. The molecule has 2 aromatic rings. The molecule has 2 heterocycles. The van der Waals surface area contributed by atoms with E-state index in [9.17, 15) is 14.7 Å². The molecule has 0 aliphatic carbocycles. The first-order chi connectivity index (χ1) is 16.3. The van der Waals surface area contributed by atoms with E-state index < -0.39 is 23.1 Å². The second-order valence-electron chi connectivity index (χ2n) is 7.15. The van der Waals surface area contributed by atoms with E-state index >= 15 is 0 Å². The number of aromatic nitrogens is 4. The molecule has 0 amide bonds. The minimum atomic E-state index is -0.945. The van der Waals surface area contributed by atoms with Gasteiger partial charge in [-0.25, -0.2) is 14.3 Å². The van der Waals surface area contributed by atoms with Crippen molar-refractivity contribution in [2.24, 2.45) is 0 Å². The quantitative estimate of drug-likeness (QED) is 0.494. The number of hydrogen-bond donors (Lipinski definition) is 2. The Kier molecular flexibility index (Phi) is 8.58. The summed E-state index contributed by atoms with van der Waals surface area (Å²) in [6.07, 6.45) is 1.82. The maximum Gasteiger partial charge on any atom is 0.336 e. The summed E-state index contributed by atoms with van der Waals surface area (Å²) in [5.74, 6) is -1.87. The number of nitrogens with one attached hydrogen (secondary N) is 1. The molecule has 3 rings (SSSR count). The Morgan fingerprint density at radius 1 is 1.24 bits per heavy atom. The van der Waals surface area contributed by atoms with E-state index in [1.807, 2.05) is 6.26 Å². The number of thioether (sulfide) groups is 1. The van der Waals surface area contributed by atoms with Gasteiger partial charge in [0.2, 0.25) is 0 Å². The molecule has 13 heteroatoms. The van der Waals surface area contributed by atoms with Gasteiger partial charge in [-0.2, -0.15) is 0 Å². The maximum atomic E-state index is 13.2. The Balaban J connectivity index is 2.35. The van der Waals surface area contributed by atoms with Crippen LogP contribution in [0.15, 0.2) is 40.7 Å². The first-order valence-electron chi connectivity index (χ1n) is 10.0. The topological polar surface area (TPSA) is 128 Å². The lowest BCUT2D eigenvalue weighted by molar-refractivity contribution is -0.137. The number of aliphatic hydroxyl groups is 1. The Morgan fingerprint density at radius 2 is 1.91 bits per heavy atom. The maximum absolute atomic E-state index is 13.2. The molecule has 2 atom stereocenters. The Hall–Kier alpha value is -2.60. The predicted molar refractivity (Wildman–Crippen MR) is 127 cm³/mol. The average Bonchev–Trinajstić information content (AvgIpc) is 3.28. The number of tetrazole rings is 1. The highest BCUT2D eigenvalue weighted by atomic mass is 35.5. The number of benzene rings is 1. The number of carbonyl (C=O) groups excluding carboxylic acids is 2. The number of halogens is 2. The van der Waals surface area contributed by atoms with Crippen molar-refractivity contribution in [3.05, 3.63) is 62.2 Å². The summed E-state index contributed by atoms with van der Waals surface area (Å²) in [6, 6.07) is 4.97. The van der Waals surface area contributed by atoms with Gasteiger partial charge >= 0.3 is 11.9 Å². The highest BCUT2D eigenvalue weighted by molar-refractivity contribution is 7.99. The largest absolute Gasteiger partial charge is 0.466 e. The molecule has 2 N–H and O–H groups in total. The molecule has 34 heavy (non-hydrogen) atoms. The number of ether oxygens (including phenoxy) is 2. The molecule has 1 aliphatic rings. The van der Waals surface area contributed by atoms with Crippen LogP contribution < -0.4 is 5.32 Å². The lowest BCUT2D eigenvalue weighted by Crippen LogP contribution is -2.35. The number of nitrogens with zero attached hydrogens (tertiary/aromatic N) is 4. The fourth-order valence-electron chi connectivity index (χ4n) is 3.84. The fraction of sp³-hybridized carbons (Fsp3) is 0.381. The average molecular weight is 528 g/mol. The van der Waals surface area contributed by atoms with E-state index in [0.717, 1.165) is 0 Å². The Morgan fingerprint density at radius 3 is 2.53 bits per heavy atom. The van der Waals surface area contributed by atoms with E-state index in [4.69, 9.17) is 32.7 Å². The number of aliphatic hydroxyl groups excluding tert-OH is 1. The van der Waals surface area contributed by atoms with Gasteiger partial charge in [-0.3, -0.25) is 0 Å². The molecule has 0 bridgehead atoms. The molecular weight excluding hydrogens is 505 g/mol. The number of carbonyl (C=O) groups is 2. The van der Waals surface area contributed by atoms with Gasteiger partial charge in [0.15, 0.2) is 5.82 Å². The zero-order chi connectivity index (χ0) is 25.0. The predicted octanol–water partition coefficient (Wildman–Crippen LogP) is 2.64. The molecule has 1 aromatic carbocycles. The van der Waals surface area contributed by atoms with Gasteiger partial charge in [0, 0.05) is 11.4 Å². The molecule has 1 aliphatic heterocycles. The number of hydrogen-bond acceptors (Lipinski definition) is 10. The van der Waals surface area contributed by atoms with Gasteiger partial charge in [0.1, 0.15) is 5.25 Å². The summed E-state index contributed by atoms with van der Waals surface area (Å²) in [6.45, 7) is 1.67. The summed E-state index contributed by atoms with van der Waals surface area (Å²) in [4.78, 5) is 26.1. The molecule has 0 radical (unpaired) electrons. The lowest BCUT2D eigenvalue weighted by atomic mass is 9.79. The summed E-state index contributed by atoms with van der Waals surface area (Å²) >= 11 is 14.2. The van der Waals surface area contributed by atoms with Crippen LogP contribution in [-0.2, 0) is 25.6 Å². The van der Waals surface area contributed by atoms with E-state index in [1.165, 1.54) is 30.7 Å². The van der Waals surface area contributed by atoms with E-state index in [0.29, 0.717) is 22.8 Å². The van der Waals surface area contributed by atoms with E-state index in [1.54, 1.807) is 25.1 Å². The third-order valence-corrected chi connectivity index (χ3v) is 7.05. The molecule has 2 unspecified atom stereocenters. The Labute approximate surface area is 210 Å². The third kappa shape index (κ3) is 4.78. The highest BCUT2D eigenvalue weighted by Crippen LogP contribution is 2.47. The normalized spacial score (nSPS) is 16.9. The van der Waals surface area contributed by atoms with Crippen molar-refractivity contribution in [1.29, 1.82) is 0 Å². The first-order valence-corrected chi connectivity index (χ1v) is 12.1.